The number of hydrogen-bond acceptors (Lipinski definition) is 5. The topological polar surface area (TPSA) is 89.4 Å². The summed E-state index contributed by atoms with van der Waals surface area (Å²) < 4.78 is 0. The highest BCUT2D eigenvalue weighted by molar-refractivity contribution is 7.10. The lowest BCUT2D eigenvalue weighted by atomic mass is 10.00. The summed E-state index contributed by atoms with van der Waals surface area (Å²) in [6.07, 6.45) is 0. The van der Waals surface area contributed by atoms with Gasteiger partial charge in [-0.3, -0.25) is 10.1 Å². The monoisotopic (exact) mass is 264 g/mol. The molecule has 18 heavy (non-hydrogen) atoms. The summed E-state index contributed by atoms with van der Waals surface area (Å²) in [7, 11) is 0. The third-order valence-electron chi connectivity index (χ3n) is 2.75. The van der Waals surface area contributed by atoms with E-state index >= 15 is 0 Å². The molecule has 0 bridgehead atoms. The summed E-state index contributed by atoms with van der Waals surface area (Å²) in [5.74, 6) is -0.106. The van der Waals surface area contributed by atoms with Crippen molar-refractivity contribution in [3.05, 3.63) is 55.8 Å². The van der Waals surface area contributed by atoms with Crippen LogP contribution in [0.2, 0.25) is 0 Å². The van der Waals surface area contributed by atoms with Gasteiger partial charge in [0.15, 0.2) is 0 Å². The Labute approximate surface area is 108 Å². The van der Waals surface area contributed by atoms with E-state index < -0.39 is 11.0 Å². The molecule has 2 aromatic rings. The van der Waals surface area contributed by atoms with Gasteiger partial charge in [0.25, 0.3) is 5.69 Å². The van der Waals surface area contributed by atoms with Gasteiger partial charge >= 0.3 is 0 Å². The largest absolute Gasteiger partial charge is 0.507 e. The van der Waals surface area contributed by atoms with Gasteiger partial charge in [0.1, 0.15) is 5.75 Å². The Morgan fingerprint density at radius 2 is 2.17 bits per heavy atom. The molecule has 1 aromatic carbocycles. The maximum Gasteiger partial charge on any atom is 0.278 e. The van der Waals surface area contributed by atoms with Gasteiger partial charge < -0.3 is 10.8 Å². The van der Waals surface area contributed by atoms with Crippen LogP contribution in [0.4, 0.5) is 5.69 Å². The summed E-state index contributed by atoms with van der Waals surface area (Å²) in [5.41, 5.74) is 6.60. The molecule has 6 heteroatoms. The van der Waals surface area contributed by atoms with Crippen LogP contribution in [0.25, 0.3) is 0 Å². The first kappa shape index (κ1) is 12.5. The van der Waals surface area contributed by atoms with Crippen LogP contribution in [-0.2, 0) is 0 Å². The summed E-state index contributed by atoms with van der Waals surface area (Å²) in [4.78, 5) is 11.3. The Morgan fingerprint density at radius 1 is 1.44 bits per heavy atom. The summed E-state index contributed by atoms with van der Waals surface area (Å²) >= 11 is 1.40. The highest BCUT2D eigenvalue weighted by Crippen LogP contribution is 2.38. The standard InChI is InChI=1S/C12H12N2O3S/c1-7-4-5-8(14(16)17)10(12(7)15)11(13)9-3-2-6-18-9/h2-6,11,15H,13H2,1H3/t11-/m1/s1. The van der Waals surface area contributed by atoms with Crippen LogP contribution in [0.1, 0.15) is 22.0 Å². The van der Waals surface area contributed by atoms with E-state index in [1.54, 1.807) is 13.0 Å². The van der Waals surface area contributed by atoms with Crippen molar-refractivity contribution in [2.75, 3.05) is 0 Å². The lowest BCUT2D eigenvalue weighted by Gasteiger charge is -2.13. The van der Waals surface area contributed by atoms with Gasteiger partial charge in [-0.25, -0.2) is 0 Å². The fourth-order valence-electron chi connectivity index (χ4n) is 1.78. The number of nitro benzene ring substituents is 1. The molecule has 5 nitrogen and oxygen atoms in total. The van der Waals surface area contributed by atoms with E-state index in [2.05, 4.69) is 0 Å². The average Bonchev–Trinajstić information content (AvgIpc) is 2.84. The number of phenols is 1. The molecule has 94 valence electrons. The van der Waals surface area contributed by atoms with Crippen molar-refractivity contribution < 1.29 is 10.0 Å². The molecule has 0 amide bonds. The van der Waals surface area contributed by atoms with E-state index in [0.717, 1.165) is 4.88 Å². The third kappa shape index (κ3) is 2.07. The second-order valence-corrected chi connectivity index (χ2v) is 4.89. The van der Waals surface area contributed by atoms with E-state index in [0.29, 0.717) is 5.56 Å². The Hall–Kier alpha value is -1.92. The molecule has 0 aliphatic heterocycles. The van der Waals surface area contributed by atoms with E-state index in [9.17, 15) is 15.2 Å². The molecule has 1 aromatic heterocycles. The fourth-order valence-corrected chi connectivity index (χ4v) is 2.52. The van der Waals surface area contributed by atoms with Crippen LogP contribution < -0.4 is 5.73 Å². The molecule has 0 aliphatic carbocycles. The third-order valence-corrected chi connectivity index (χ3v) is 3.71. The highest BCUT2D eigenvalue weighted by Gasteiger charge is 2.26. The van der Waals surface area contributed by atoms with Crippen LogP contribution in [0.15, 0.2) is 29.6 Å². The number of hydrogen-bond donors (Lipinski definition) is 2. The highest BCUT2D eigenvalue weighted by atomic mass is 32.1. The van der Waals surface area contributed by atoms with Crippen LogP contribution in [0, 0.1) is 17.0 Å². The quantitative estimate of drug-likeness (QED) is 0.658. The minimum absolute atomic E-state index is 0.106. The molecule has 1 heterocycles. The van der Waals surface area contributed by atoms with Crippen molar-refractivity contribution in [3.63, 3.8) is 0 Å². The van der Waals surface area contributed by atoms with Crippen LogP contribution >= 0.6 is 11.3 Å². The van der Waals surface area contributed by atoms with Gasteiger partial charge in [-0.05, 0) is 30.0 Å². The molecule has 1 atom stereocenters. The summed E-state index contributed by atoms with van der Waals surface area (Å²) in [6, 6.07) is 5.81. The zero-order valence-electron chi connectivity index (χ0n) is 9.66. The van der Waals surface area contributed by atoms with Crippen LogP contribution in [0.5, 0.6) is 5.75 Å². The minimum atomic E-state index is -0.690. The van der Waals surface area contributed by atoms with Crippen molar-refractivity contribution in [1.82, 2.24) is 0 Å². The molecule has 0 aliphatic rings. The lowest BCUT2D eigenvalue weighted by molar-refractivity contribution is -0.385. The maximum atomic E-state index is 11.0. The Kier molecular flexibility index (Phi) is 3.31. The van der Waals surface area contributed by atoms with Crippen LogP contribution in [0.3, 0.4) is 0 Å². The van der Waals surface area contributed by atoms with Crippen molar-refractivity contribution in [3.8, 4) is 5.75 Å². The molecule has 0 unspecified atom stereocenters. The molecular formula is C12H12N2O3S. The van der Waals surface area contributed by atoms with Crippen molar-refractivity contribution >= 4 is 17.0 Å². The fraction of sp³-hybridized carbons (Fsp3) is 0.167. The Morgan fingerprint density at radius 3 is 2.72 bits per heavy atom. The van der Waals surface area contributed by atoms with Gasteiger partial charge in [-0.1, -0.05) is 6.07 Å². The predicted octanol–water partition coefficient (Wildman–Crippen LogP) is 2.72. The Bertz CT molecular complexity index is 581. The summed E-state index contributed by atoms with van der Waals surface area (Å²) in [5, 5.41) is 22.9. The van der Waals surface area contributed by atoms with Gasteiger partial charge in [-0.2, -0.15) is 0 Å². The van der Waals surface area contributed by atoms with E-state index in [-0.39, 0.29) is 17.0 Å². The van der Waals surface area contributed by atoms with Gasteiger partial charge in [0, 0.05) is 10.9 Å². The molecule has 3 N–H and O–H groups in total. The predicted molar refractivity (Wildman–Crippen MR) is 69.8 cm³/mol. The number of thiophene rings is 1. The van der Waals surface area contributed by atoms with Gasteiger partial charge in [-0.15, -0.1) is 11.3 Å². The normalized spacial score (nSPS) is 12.3. The molecule has 0 saturated heterocycles. The molecule has 0 fully saturated rings. The number of benzene rings is 1. The molecule has 2 rings (SSSR count). The maximum absolute atomic E-state index is 11.0. The lowest BCUT2D eigenvalue weighted by Crippen LogP contribution is -2.13. The molecule has 0 spiro atoms. The van der Waals surface area contributed by atoms with Gasteiger partial charge in [0.2, 0.25) is 0 Å². The van der Waals surface area contributed by atoms with Gasteiger partial charge in [0.05, 0.1) is 16.5 Å². The molecule has 0 radical (unpaired) electrons. The number of nitrogens with zero attached hydrogens (tertiary/aromatic N) is 1. The number of nitro groups is 1. The first-order chi connectivity index (χ1) is 8.52. The number of aromatic hydroxyl groups is 1. The number of aryl methyl sites for hydroxylation is 1. The first-order valence-electron chi connectivity index (χ1n) is 5.28. The average molecular weight is 264 g/mol. The van der Waals surface area contributed by atoms with E-state index in [1.165, 1.54) is 23.5 Å². The second-order valence-electron chi connectivity index (χ2n) is 3.91. The van der Waals surface area contributed by atoms with Crippen molar-refractivity contribution in [2.24, 2.45) is 5.73 Å². The van der Waals surface area contributed by atoms with Crippen molar-refractivity contribution in [2.45, 2.75) is 13.0 Å². The van der Waals surface area contributed by atoms with Crippen molar-refractivity contribution in [1.29, 1.82) is 0 Å². The number of phenolic OH excluding ortho intramolecular Hbond substituents is 1. The molecule has 0 saturated carbocycles. The minimum Gasteiger partial charge on any atom is -0.507 e. The SMILES string of the molecule is Cc1ccc([N+](=O)[O-])c([C@H](N)c2cccs2)c1O. The van der Waals surface area contributed by atoms with E-state index in [4.69, 9.17) is 5.73 Å². The molecular weight excluding hydrogens is 252 g/mol. The second kappa shape index (κ2) is 4.75. The first-order valence-corrected chi connectivity index (χ1v) is 6.16. The van der Waals surface area contributed by atoms with Crippen LogP contribution in [-0.4, -0.2) is 10.0 Å². The zero-order valence-corrected chi connectivity index (χ0v) is 10.5. The smallest absolute Gasteiger partial charge is 0.278 e. The number of rotatable bonds is 3. The summed E-state index contributed by atoms with van der Waals surface area (Å²) in [6.45, 7) is 1.68. The van der Waals surface area contributed by atoms with E-state index in [1.807, 2.05) is 11.4 Å². The number of nitrogens with two attached hydrogens (primary N) is 1. The zero-order chi connectivity index (χ0) is 13.3. The Balaban J connectivity index is 2.61.